The van der Waals surface area contributed by atoms with Crippen molar-refractivity contribution in [2.75, 3.05) is 7.11 Å². The van der Waals surface area contributed by atoms with Gasteiger partial charge in [0.25, 0.3) is 0 Å². The summed E-state index contributed by atoms with van der Waals surface area (Å²) in [5.74, 6) is -1.52. The van der Waals surface area contributed by atoms with Crippen molar-refractivity contribution in [3.05, 3.63) is 35.9 Å². The molecule has 2 aliphatic heterocycles. The molecule has 0 spiro atoms. The standard InChI is InChI=1S/C17H19NO5/c1-22-17(21)15-13-8-7-12(18(13)10-19)9-14(15)23-16(20)11-5-3-2-4-6-11/h2-6,10,12-15H,7-9H2,1H3. The minimum atomic E-state index is -0.628. The lowest BCUT2D eigenvalue weighted by atomic mass is 9.87. The van der Waals surface area contributed by atoms with Gasteiger partial charge in [-0.15, -0.1) is 0 Å². The topological polar surface area (TPSA) is 72.9 Å². The molecule has 2 saturated heterocycles. The molecule has 6 heteroatoms. The maximum Gasteiger partial charge on any atom is 0.338 e. The normalized spacial score (nSPS) is 29.0. The molecule has 23 heavy (non-hydrogen) atoms. The zero-order chi connectivity index (χ0) is 16.4. The van der Waals surface area contributed by atoms with Crippen LogP contribution in [0.15, 0.2) is 30.3 Å². The molecule has 3 rings (SSSR count). The van der Waals surface area contributed by atoms with Crippen molar-refractivity contribution in [1.29, 1.82) is 0 Å². The van der Waals surface area contributed by atoms with Gasteiger partial charge in [0.1, 0.15) is 12.0 Å². The smallest absolute Gasteiger partial charge is 0.338 e. The van der Waals surface area contributed by atoms with E-state index in [1.807, 2.05) is 6.07 Å². The minimum absolute atomic E-state index is 0.0204. The van der Waals surface area contributed by atoms with Crippen molar-refractivity contribution in [3.8, 4) is 0 Å². The summed E-state index contributed by atoms with van der Waals surface area (Å²) in [6, 6.07) is 8.44. The summed E-state index contributed by atoms with van der Waals surface area (Å²) >= 11 is 0. The summed E-state index contributed by atoms with van der Waals surface area (Å²) in [6.07, 6.45) is 2.23. The molecule has 0 saturated carbocycles. The maximum atomic E-state index is 12.3. The Bertz CT molecular complexity index is 602. The zero-order valence-electron chi connectivity index (χ0n) is 12.9. The van der Waals surface area contributed by atoms with E-state index in [1.165, 1.54) is 7.11 Å². The number of esters is 2. The number of fused-ring (bicyclic) bond motifs is 2. The van der Waals surface area contributed by atoms with Crippen molar-refractivity contribution in [2.45, 2.75) is 37.5 Å². The van der Waals surface area contributed by atoms with E-state index in [9.17, 15) is 14.4 Å². The second-order valence-corrected chi connectivity index (χ2v) is 5.95. The summed E-state index contributed by atoms with van der Waals surface area (Å²) in [6.45, 7) is 0. The quantitative estimate of drug-likeness (QED) is 0.620. The van der Waals surface area contributed by atoms with Crippen LogP contribution < -0.4 is 0 Å². The number of piperidine rings is 1. The highest BCUT2D eigenvalue weighted by atomic mass is 16.6. The number of amides is 1. The van der Waals surface area contributed by atoms with E-state index < -0.39 is 24.0 Å². The van der Waals surface area contributed by atoms with Crippen LogP contribution in [-0.2, 0) is 19.1 Å². The van der Waals surface area contributed by atoms with E-state index in [0.717, 1.165) is 19.3 Å². The van der Waals surface area contributed by atoms with Crippen LogP contribution in [-0.4, -0.2) is 48.5 Å². The molecular formula is C17H19NO5. The van der Waals surface area contributed by atoms with E-state index in [4.69, 9.17) is 9.47 Å². The maximum absolute atomic E-state index is 12.3. The molecule has 122 valence electrons. The van der Waals surface area contributed by atoms with Crippen LogP contribution in [0.1, 0.15) is 29.6 Å². The number of hydrogen-bond donors (Lipinski definition) is 0. The van der Waals surface area contributed by atoms with Gasteiger partial charge in [-0.05, 0) is 25.0 Å². The second-order valence-electron chi connectivity index (χ2n) is 5.95. The third-order valence-corrected chi connectivity index (χ3v) is 4.78. The molecule has 4 atom stereocenters. The zero-order valence-corrected chi connectivity index (χ0v) is 12.9. The highest BCUT2D eigenvalue weighted by molar-refractivity contribution is 5.89. The number of carbonyl (C=O) groups is 3. The second kappa shape index (κ2) is 6.40. The summed E-state index contributed by atoms with van der Waals surface area (Å²) < 4.78 is 10.5. The first-order valence-electron chi connectivity index (χ1n) is 7.72. The summed E-state index contributed by atoms with van der Waals surface area (Å²) in [5, 5.41) is 0. The fraction of sp³-hybridized carbons (Fsp3) is 0.471. The Morgan fingerprint density at radius 3 is 2.61 bits per heavy atom. The van der Waals surface area contributed by atoms with Gasteiger partial charge in [-0.25, -0.2) is 4.79 Å². The Hall–Kier alpha value is -2.37. The molecule has 0 aliphatic carbocycles. The van der Waals surface area contributed by atoms with Crippen molar-refractivity contribution >= 4 is 18.3 Å². The van der Waals surface area contributed by atoms with E-state index in [1.54, 1.807) is 29.2 Å². The van der Waals surface area contributed by atoms with Gasteiger partial charge in [-0.2, -0.15) is 0 Å². The fourth-order valence-electron chi connectivity index (χ4n) is 3.71. The van der Waals surface area contributed by atoms with Gasteiger partial charge in [0.15, 0.2) is 0 Å². The molecule has 2 heterocycles. The monoisotopic (exact) mass is 317 g/mol. The summed E-state index contributed by atoms with van der Waals surface area (Å²) in [7, 11) is 1.31. The number of methoxy groups -OCH3 is 1. The predicted molar refractivity (Wildman–Crippen MR) is 80.5 cm³/mol. The van der Waals surface area contributed by atoms with Gasteiger partial charge in [0, 0.05) is 18.5 Å². The largest absolute Gasteiger partial charge is 0.469 e. The van der Waals surface area contributed by atoms with Crippen LogP contribution in [0.2, 0.25) is 0 Å². The van der Waals surface area contributed by atoms with Crippen LogP contribution >= 0.6 is 0 Å². The number of ether oxygens (including phenoxy) is 2. The summed E-state index contributed by atoms with van der Waals surface area (Å²) in [5.41, 5.74) is 0.446. The first-order chi connectivity index (χ1) is 11.2. The number of rotatable bonds is 4. The first kappa shape index (κ1) is 15.5. The first-order valence-corrected chi connectivity index (χ1v) is 7.72. The molecule has 1 aromatic rings. The molecule has 2 bridgehead atoms. The van der Waals surface area contributed by atoms with Crippen molar-refractivity contribution < 1.29 is 23.9 Å². The van der Waals surface area contributed by atoms with Gasteiger partial charge >= 0.3 is 11.9 Å². The van der Waals surface area contributed by atoms with Crippen molar-refractivity contribution in [1.82, 2.24) is 4.90 Å². The van der Waals surface area contributed by atoms with Gasteiger partial charge in [-0.3, -0.25) is 9.59 Å². The van der Waals surface area contributed by atoms with E-state index in [-0.39, 0.29) is 12.1 Å². The molecule has 0 N–H and O–H groups in total. The molecule has 2 aliphatic rings. The van der Waals surface area contributed by atoms with E-state index in [0.29, 0.717) is 12.0 Å². The predicted octanol–water partition coefficient (Wildman–Crippen LogP) is 1.39. The van der Waals surface area contributed by atoms with Crippen molar-refractivity contribution in [2.24, 2.45) is 5.92 Å². The SMILES string of the molecule is COC(=O)C1C(OC(=O)c2ccccc2)CC2CCC1N2C=O. The lowest BCUT2D eigenvalue weighted by Gasteiger charge is -2.40. The van der Waals surface area contributed by atoms with Crippen LogP contribution in [0, 0.1) is 5.92 Å². The Labute approximate surface area is 134 Å². The molecule has 1 amide bonds. The Morgan fingerprint density at radius 2 is 1.96 bits per heavy atom. The van der Waals surface area contributed by atoms with Crippen molar-refractivity contribution in [3.63, 3.8) is 0 Å². The molecule has 0 radical (unpaired) electrons. The Balaban J connectivity index is 1.81. The molecular weight excluding hydrogens is 298 g/mol. The van der Waals surface area contributed by atoms with Gasteiger partial charge < -0.3 is 14.4 Å². The minimum Gasteiger partial charge on any atom is -0.469 e. The number of nitrogens with zero attached hydrogens (tertiary/aromatic N) is 1. The Kier molecular flexibility index (Phi) is 4.32. The van der Waals surface area contributed by atoms with Gasteiger partial charge in [-0.1, -0.05) is 18.2 Å². The average molecular weight is 317 g/mol. The third kappa shape index (κ3) is 2.81. The lowest BCUT2D eigenvalue weighted by molar-refractivity contribution is -0.157. The van der Waals surface area contributed by atoms with Crippen LogP contribution in [0.3, 0.4) is 0 Å². The van der Waals surface area contributed by atoms with E-state index in [2.05, 4.69) is 0 Å². The molecule has 0 aromatic heterocycles. The van der Waals surface area contributed by atoms with Gasteiger partial charge in [0.05, 0.1) is 12.7 Å². The van der Waals surface area contributed by atoms with Crippen LogP contribution in [0.4, 0.5) is 0 Å². The number of hydrogen-bond acceptors (Lipinski definition) is 5. The summed E-state index contributed by atoms with van der Waals surface area (Å²) in [4.78, 5) is 37.5. The average Bonchev–Trinajstić information content (AvgIpc) is 2.88. The van der Waals surface area contributed by atoms with Crippen LogP contribution in [0.5, 0.6) is 0 Å². The number of benzene rings is 1. The number of carbonyl (C=O) groups excluding carboxylic acids is 3. The highest BCUT2D eigenvalue weighted by Crippen LogP contribution is 2.40. The third-order valence-electron chi connectivity index (χ3n) is 4.78. The van der Waals surface area contributed by atoms with E-state index >= 15 is 0 Å². The highest BCUT2D eigenvalue weighted by Gasteiger charge is 2.52. The molecule has 2 fully saturated rings. The molecule has 4 unspecified atom stereocenters. The lowest BCUT2D eigenvalue weighted by Crippen LogP contribution is -2.54. The molecule has 1 aromatic carbocycles. The molecule has 6 nitrogen and oxygen atoms in total. The Morgan fingerprint density at radius 1 is 1.22 bits per heavy atom. The van der Waals surface area contributed by atoms with Gasteiger partial charge in [0.2, 0.25) is 6.41 Å². The van der Waals surface area contributed by atoms with Crippen LogP contribution in [0.25, 0.3) is 0 Å². The fourth-order valence-corrected chi connectivity index (χ4v) is 3.71.